The number of hydrogen-bond acceptors (Lipinski definition) is 3. The van der Waals surface area contributed by atoms with Gasteiger partial charge in [0.25, 0.3) is 6.43 Å². The predicted octanol–water partition coefficient (Wildman–Crippen LogP) is 2.37. The summed E-state index contributed by atoms with van der Waals surface area (Å²) in [6.07, 6.45) is -8.05. The van der Waals surface area contributed by atoms with Gasteiger partial charge in [0.2, 0.25) is 0 Å². The molecule has 8 heteroatoms. The first-order valence-electron chi connectivity index (χ1n) is 4.30. The van der Waals surface area contributed by atoms with Crippen LogP contribution in [0.25, 0.3) is 0 Å². The van der Waals surface area contributed by atoms with E-state index in [0.717, 1.165) is 0 Å². The lowest BCUT2D eigenvalue weighted by Gasteiger charge is -2.12. The molecule has 0 aromatic carbocycles. The maximum atomic E-state index is 12.5. The van der Waals surface area contributed by atoms with Gasteiger partial charge in [-0.25, -0.2) is 13.8 Å². The monoisotopic (exact) mass is 251 g/mol. The van der Waals surface area contributed by atoms with Gasteiger partial charge in [0.1, 0.15) is 11.8 Å². The van der Waals surface area contributed by atoms with Gasteiger partial charge in [-0.1, -0.05) is 0 Å². The molecule has 0 fully saturated rings. The molecule has 1 heterocycles. The number of nitrogens with zero attached hydrogens (tertiary/aromatic N) is 2. The second-order valence-electron chi connectivity index (χ2n) is 3.03. The average molecular weight is 251 g/mol. The minimum atomic E-state index is -4.86. The van der Waals surface area contributed by atoms with Crippen LogP contribution < -0.4 is 5.73 Å². The Kier molecular flexibility index (Phi) is 3.63. The minimum absolute atomic E-state index is 0.169. The van der Waals surface area contributed by atoms with Gasteiger partial charge in [-0.15, -0.1) is 0 Å². The molecule has 0 aliphatic carbocycles. The van der Waals surface area contributed by atoms with Crippen molar-refractivity contribution < 1.29 is 22.0 Å². The van der Waals surface area contributed by atoms with Crippen LogP contribution in [0.1, 0.15) is 28.9 Å². The van der Waals surface area contributed by atoms with Crippen LogP contribution in [0.3, 0.4) is 0 Å². The maximum absolute atomic E-state index is 12.5. The van der Waals surface area contributed by atoms with E-state index in [-0.39, 0.29) is 6.07 Å². The summed E-state index contributed by atoms with van der Waals surface area (Å²) in [5.74, 6) is 0. The molecule has 0 atom stereocenters. The zero-order valence-electron chi connectivity index (χ0n) is 8.22. The molecule has 2 N–H and O–H groups in total. The SMILES string of the molecule is N#Cc1c(C(F)F)cc(C(F)(F)F)nc1CN. The second-order valence-corrected chi connectivity index (χ2v) is 3.03. The Bertz CT molecular complexity index is 461. The van der Waals surface area contributed by atoms with E-state index in [0.29, 0.717) is 0 Å². The van der Waals surface area contributed by atoms with E-state index < -0.39 is 41.7 Å². The van der Waals surface area contributed by atoms with Crippen molar-refractivity contribution in [1.82, 2.24) is 4.98 Å². The van der Waals surface area contributed by atoms with Crippen molar-refractivity contribution >= 4 is 0 Å². The molecule has 0 aliphatic rings. The van der Waals surface area contributed by atoms with Gasteiger partial charge in [0.05, 0.1) is 11.3 Å². The van der Waals surface area contributed by atoms with Crippen LogP contribution in [-0.2, 0) is 12.7 Å². The van der Waals surface area contributed by atoms with Crippen molar-refractivity contribution in [3.8, 4) is 6.07 Å². The fraction of sp³-hybridized carbons (Fsp3) is 0.333. The number of halogens is 5. The van der Waals surface area contributed by atoms with Gasteiger partial charge in [-0.05, 0) is 6.07 Å². The standard InChI is InChI=1S/C9H6F5N3/c10-8(11)4-1-7(9(12,13)14)17-6(3-16)5(4)2-15/h1,8H,3,16H2. The molecule has 3 nitrogen and oxygen atoms in total. The Balaban J connectivity index is 3.53. The third kappa shape index (κ3) is 2.68. The molecule has 0 spiro atoms. The van der Waals surface area contributed by atoms with Crippen molar-refractivity contribution in [2.75, 3.05) is 0 Å². The fourth-order valence-corrected chi connectivity index (χ4v) is 1.21. The van der Waals surface area contributed by atoms with Crippen LogP contribution in [-0.4, -0.2) is 4.98 Å². The summed E-state index contributed by atoms with van der Waals surface area (Å²) >= 11 is 0. The molecule has 0 saturated carbocycles. The largest absolute Gasteiger partial charge is 0.433 e. The third-order valence-corrected chi connectivity index (χ3v) is 1.96. The van der Waals surface area contributed by atoms with Crippen LogP contribution in [0, 0.1) is 11.3 Å². The fourth-order valence-electron chi connectivity index (χ4n) is 1.21. The summed E-state index contributed by atoms with van der Waals surface area (Å²) in [6.45, 7) is -0.521. The number of nitrogens with two attached hydrogens (primary N) is 1. The van der Waals surface area contributed by atoms with E-state index in [4.69, 9.17) is 11.0 Å². The Labute approximate surface area is 92.7 Å². The lowest BCUT2D eigenvalue weighted by Crippen LogP contribution is -2.15. The highest BCUT2D eigenvalue weighted by Gasteiger charge is 2.35. The molecule has 1 rings (SSSR count). The topological polar surface area (TPSA) is 62.7 Å². The molecule has 0 radical (unpaired) electrons. The third-order valence-electron chi connectivity index (χ3n) is 1.96. The maximum Gasteiger partial charge on any atom is 0.433 e. The van der Waals surface area contributed by atoms with Crippen molar-refractivity contribution in [3.63, 3.8) is 0 Å². The number of aromatic nitrogens is 1. The van der Waals surface area contributed by atoms with E-state index >= 15 is 0 Å². The Hall–Kier alpha value is -1.75. The molecule has 1 aromatic rings. The molecule has 92 valence electrons. The summed E-state index contributed by atoms with van der Waals surface area (Å²) in [5.41, 5.74) is 1.51. The molecule has 17 heavy (non-hydrogen) atoms. The minimum Gasteiger partial charge on any atom is -0.325 e. The van der Waals surface area contributed by atoms with Crippen LogP contribution in [0.15, 0.2) is 6.07 Å². The average Bonchev–Trinajstić information content (AvgIpc) is 2.25. The van der Waals surface area contributed by atoms with Crippen LogP contribution in [0.4, 0.5) is 22.0 Å². The van der Waals surface area contributed by atoms with E-state index in [1.165, 1.54) is 6.07 Å². The van der Waals surface area contributed by atoms with Crippen LogP contribution in [0.2, 0.25) is 0 Å². The first-order valence-corrected chi connectivity index (χ1v) is 4.30. The van der Waals surface area contributed by atoms with Crippen LogP contribution >= 0.6 is 0 Å². The molecular weight excluding hydrogens is 245 g/mol. The van der Waals surface area contributed by atoms with Gasteiger partial charge in [0.15, 0.2) is 0 Å². The Morgan fingerprint density at radius 1 is 1.41 bits per heavy atom. The molecule has 0 amide bonds. The lowest BCUT2D eigenvalue weighted by molar-refractivity contribution is -0.141. The van der Waals surface area contributed by atoms with Gasteiger partial charge in [0, 0.05) is 12.1 Å². The number of nitriles is 1. The Morgan fingerprint density at radius 3 is 2.35 bits per heavy atom. The van der Waals surface area contributed by atoms with Crippen molar-refractivity contribution in [1.29, 1.82) is 5.26 Å². The molecule has 0 saturated heterocycles. The normalized spacial score (nSPS) is 11.6. The van der Waals surface area contributed by atoms with E-state index in [1.54, 1.807) is 0 Å². The Morgan fingerprint density at radius 2 is 2.00 bits per heavy atom. The van der Waals surface area contributed by atoms with E-state index in [2.05, 4.69) is 4.98 Å². The summed E-state index contributed by atoms with van der Waals surface area (Å²) in [6, 6.07) is 1.55. The van der Waals surface area contributed by atoms with Crippen molar-refractivity contribution in [2.45, 2.75) is 19.1 Å². The summed E-state index contributed by atoms with van der Waals surface area (Å²) in [4.78, 5) is 3.07. The van der Waals surface area contributed by atoms with Gasteiger partial charge in [-0.3, -0.25) is 0 Å². The predicted molar refractivity (Wildman–Crippen MR) is 46.8 cm³/mol. The summed E-state index contributed by atoms with van der Waals surface area (Å²) in [5, 5.41) is 8.61. The first kappa shape index (κ1) is 13.3. The number of pyridine rings is 1. The molecule has 0 aliphatic heterocycles. The molecular formula is C9H6F5N3. The highest BCUT2D eigenvalue weighted by atomic mass is 19.4. The van der Waals surface area contributed by atoms with Crippen LogP contribution in [0.5, 0.6) is 0 Å². The van der Waals surface area contributed by atoms with Crippen molar-refractivity contribution in [2.24, 2.45) is 5.73 Å². The summed E-state index contributed by atoms with van der Waals surface area (Å²) in [7, 11) is 0. The van der Waals surface area contributed by atoms with Gasteiger partial charge < -0.3 is 5.73 Å². The highest BCUT2D eigenvalue weighted by molar-refractivity contribution is 5.43. The zero-order valence-corrected chi connectivity index (χ0v) is 8.22. The molecule has 0 unspecified atom stereocenters. The van der Waals surface area contributed by atoms with E-state index in [9.17, 15) is 22.0 Å². The van der Waals surface area contributed by atoms with Gasteiger partial charge >= 0.3 is 6.18 Å². The summed E-state index contributed by atoms with van der Waals surface area (Å²) < 4.78 is 62.1. The molecule has 1 aromatic heterocycles. The smallest absolute Gasteiger partial charge is 0.325 e. The zero-order chi connectivity index (χ0) is 13.2. The number of rotatable bonds is 2. The highest BCUT2D eigenvalue weighted by Crippen LogP contribution is 2.33. The first-order chi connectivity index (χ1) is 7.81. The van der Waals surface area contributed by atoms with E-state index in [1.807, 2.05) is 0 Å². The number of hydrogen-bond donors (Lipinski definition) is 1. The number of alkyl halides is 5. The van der Waals surface area contributed by atoms with Crippen molar-refractivity contribution in [3.05, 3.63) is 28.6 Å². The molecule has 0 bridgehead atoms. The van der Waals surface area contributed by atoms with Gasteiger partial charge in [-0.2, -0.15) is 18.4 Å². The second kappa shape index (κ2) is 4.63. The quantitative estimate of drug-likeness (QED) is 0.820. The lowest BCUT2D eigenvalue weighted by atomic mass is 10.1.